The minimum atomic E-state index is -0.369. The van der Waals surface area contributed by atoms with Crippen LogP contribution in [0.5, 0.6) is 11.5 Å². The predicted octanol–water partition coefficient (Wildman–Crippen LogP) is 3.27. The Labute approximate surface area is 189 Å². The fourth-order valence-electron chi connectivity index (χ4n) is 2.80. The summed E-state index contributed by atoms with van der Waals surface area (Å²) >= 11 is 1.16. The zero-order valence-corrected chi connectivity index (χ0v) is 18.8. The van der Waals surface area contributed by atoms with Gasteiger partial charge >= 0.3 is 0 Å². The van der Waals surface area contributed by atoms with Gasteiger partial charge in [-0.3, -0.25) is 9.59 Å². The molecule has 0 saturated heterocycles. The molecule has 0 aliphatic heterocycles. The van der Waals surface area contributed by atoms with E-state index in [1.807, 2.05) is 25.1 Å². The molecule has 9 nitrogen and oxygen atoms in total. The standard InChI is InChI=1S/C22H24N4O5S/c1-4-31-17-10-5-14(11-18(17)30-3)12-23-20(27)15-6-8-16(9-7-15)24-21(28)22-26-25-19(32-22)13-29-2/h5-11H,4,12-13H2,1-3H3,(H,23,27)(H,24,28). The van der Waals surface area contributed by atoms with Gasteiger partial charge in [-0.05, 0) is 48.9 Å². The van der Waals surface area contributed by atoms with Crippen LogP contribution in [0.2, 0.25) is 0 Å². The SMILES string of the molecule is CCOc1ccc(CNC(=O)c2ccc(NC(=O)c3nnc(COC)s3)cc2)cc1OC. The summed E-state index contributed by atoms with van der Waals surface area (Å²) in [5, 5.41) is 14.2. The number of rotatable bonds is 10. The molecule has 2 N–H and O–H groups in total. The number of carbonyl (C=O) groups is 2. The van der Waals surface area contributed by atoms with E-state index >= 15 is 0 Å². The Morgan fingerprint density at radius 1 is 1.00 bits per heavy atom. The Morgan fingerprint density at radius 3 is 2.47 bits per heavy atom. The van der Waals surface area contributed by atoms with E-state index in [2.05, 4.69) is 20.8 Å². The lowest BCUT2D eigenvalue weighted by Crippen LogP contribution is -2.22. The summed E-state index contributed by atoms with van der Waals surface area (Å²) in [4.78, 5) is 24.8. The second-order valence-corrected chi connectivity index (χ2v) is 7.63. The van der Waals surface area contributed by atoms with E-state index < -0.39 is 0 Å². The number of methoxy groups -OCH3 is 2. The Hall–Kier alpha value is -3.50. The highest BCUT2D eigenvalue weighted by atomic mass is 32.1. The molecule has 2 aromatic carbocycles. The molecule has 168 valence electrons. The maximum Gasteiger partial charge on any atom is 0.286 e. The number of hydrogen-bond donors (Lipinski definition) is 2. The van der Waals surface area contributed by atoms with Crippen molar-refractivity contribution >= 4 is 28.8 Å². The number of anilines is 1. The number of hydrogen-bond acceptors (Lipinski definition) is 8. The molecule has 0 unspecified atom stereocenters. The lowest BCUT2D eigenvalue weighted by Gasteiger charge is -2.12. The first kappa shape index (κ1) is 23.2. The summed E-state index contributed by atoms with van der Waals surface area (Å²) in [6.45, 7) is 3.08. The number of nitrogens with one attached hydrogen (secondary N) is 2. The third-order valence-electron chi connectivity index (χ3n) is 4.31. The van der Waals surface area contributed by atoms with Gasteiger partial charge < -0.3 is 24.8 Å². The Balaban J connectivity index is 1.56. The minimum Gasteiger partial charge on any atom is -0.493 e. The maximum atomic E-state index is 12.5. The molecule has 0 fully saturated rings. The quantitative estimate of drug-likeness (QED) is 0.482. The van der Waals surface area contributed by atoms with Gasteiger partial charge in [0.25, 0.3) is 11.8 Å². The molecule has 2 amide bonds. The van der Waals surface area contributed by atoms with E-state index in [0.29, 0.717) is 47.5 Å². The number of ether oxygens (including phenoxy) is 3. The minimum absolute atomic E-state index is 0.232. The second kappa shape index (κ2) is 11.2. The molecule has 0 bridgehead atoms. The number of aromatic nitrogens is 2. The van der Waals surface area contributed by atoms with Crippen molar-refractivity contribution in [3.63, 3.8) is 0 Å². The van der Waals surface area contributed by atoms with Gasteiger partial charge in [-0.15, -0.1) is 10.2 Å². The zero-order valence-electron chi connectivity index (χ0n) is 18.0. The Morgan fingerprint density at radius 2 is 1.78 bits per heavy atom. The van der Waals surface area contributed by atoms with E-state index in [1.165, 1.54) is 0 Å². The first-order valence-corrected chi connectivity index (χ1v) is 10.7. The molecule has 0 spiro atoms. The normalized spacial score (nSPS) is 10.5. The number of nitrogens with zero attached hydrogens (tertiary/aromatic N) is 2. The van der Waals surface area contributed by atoms with Crippen LogP contribution in [0.1, 0.15) is 37.7 Å². The number of carbonyl (C=O) groups excluding carboxylic acids is 2. The molecule has 0 saturated carbocycles. The summed E-state index contributed by atoms with van der Waals surface area (Å²) in [6.07, 6.45) is 0. The summed E-state index contributed by atoms with van der Waals surface area (Å²) in [5.74, 6) is 0.671. The van der Waals surface area contributed by atoms with Crippen LogP contribution in [0.4, 0.5) is 5.69 Å². The summed E-state index contributed by atoms with van der Waals surface area (Å²) in [5.41, 5.74) is 1.90. The number of amides is 2. The van der Waals surface area contributed by atoms with Crippen molar-refractivity contribution in [2.45, 2.75) is 20.1 Å². The van der Waals surface area contributed by atoms with Crippen molar-refractivity contribution in [3.8, 4) is 11.5 Å². The third-order valence-corrected chi connectivity index (χ3v) is 5.21. The van der Waals surface area contributed by atoms with Gasteiger partial charge in [0.15, 0.2) is 11.5 Å². The van der Waals surface area contributed by atoms with E-state index in [0.717, 1.165) is 16.9 Å². The molecule has 0 radical (unpaired) electrons. The van der Waals surface area contributed by atoms with Gasteiger partial charge in [0.1, 0.15) is 5.01 Å². The van der Waals surface area contributed by atoms with E-state index in [-0.39, 0.29) is 16.8 Å². The third kappa shape index (κ3) is 6.02. The lowest BCUT2D eigenvalue weighted by atomic mass is 10.1. The van der Waals surface area contributed by atoms with Crippen LogP contribution in [-0.4, -0.2) is 42.8 Å². The molecule has 0 aliphatic rings. The highest BCUT2D eigenvalue weighted by Crippen LogP contribution is 2.28. The lowest BCUT2D eigenvalue weighted by molar-refractivity contribution is 0.0950. The summed E-state index contributed by atoms with van der Waals surface area (Å²) in [6, 6.07) is 12.1. The molecule has 1 aromatic heterocycles. The van der Waals surface area contributed by atoms with E-state index in [4.69, 9.17) is 14.2 Å². The van der Waals surface area contributed by atoms with E-state index in [1.54, 1.807) is 38.5 Å². The van der Waals surface area contributed by atoms with Crippen molar-refractivity contribution in [1.82, 2.24) is 15.5 Å². The van der Waals surface area contributed by atoms with Crippen LogP contribution < -0.4 is 20.1 Å². The van der Waals surface area contributed by atoms with Gasteiger partial charge in [-0.25, -0.2) is 0 Å². The van der Waals surface area contributed by atoms with Crippen LogP contribution in [0.3, 0.4) is 0 Å². The fraction of sp³-hybridized carbons (Fsp3) is 0.273. The second-order valence-electron chi connectivity index (χ2n) is 6.57. The molecule has 0 aliphatic carbocycles. The Kier molecular flexibility index (Phi) is 8.12. The molecule has 10 heteroatoms. The molecule has 1 heterocycles. The highest BCUT2D eigenvalue weighted by Gasteiger charge is 2.14. The van der Waals surface area contributed by atoms with Crippen molar-refractivity contribution in [2.75, 3.05) is 26.1 Å². The molecule has 32 heavy (non-hydrogen) atoms. The largest absolute Gasteiger partial charge is 0.493 e. The zero-order chi connectivity index (χ0) is 22.9. The van der Waals surface area contributed by atoms with Gasteiger partial charge in [0, 0.05) is 24.9 Å². The molecule has 0 atom stereocenters. The van der Waals surface area contributed by atoms with Crippen molar-refractivity contribution in [1.29, 1.82) is 0 Å². The summed E-state index contributed by atoms with van der Waals surface area (Å²) < 4.78 is 15.8. The first-order chi connectivity index (χ1) is 15.5. The van der Waals surface area contributed by atoms with Gasteiger partial charge in [-0.1, -0.05) is 17.4 Å². The van der Waals surface area contributed by atoms with Crippen molar-refractivity contribution in [3.05, 3.63) is 63.6 Å². The average molecular weight is 457 g/mol. The van der Waals surface area contributed by atoms with Crippen LogP contribution in [0.15, 0.2) is 42.5 Å². The maximum absolute atomic E-state index is 12.5. The number of benzene rings is 2. The van der Waals surface area contributed by atoms with Crippen LogP contribution in [0, 0.1) is 0 Å². The smallest absolute Gasteiger partial charge is 0.286 e. The average Bonchev–Trinajstić information content (AvgIpc) is 3.28. The molecule has 3 rings (SSSR count). The van der Waals surface area contributed by atoms with Gasteiger partial charge in [0.05, 0.1) is 20.3 Å². The van der Waals surface area contributed by atoms with Crippen LogP contribution in [0.25, 0.3) is 0 Å². The van der Waals surface area contributed by atoms with Crippen LogP contribution >= 0.6 is 11.3 Å². The van der Waals surface area contributed by atoms with Crippen molar-refractivity contribution < 1.29 is 23.8 Å². The molecular formula is C22H24N4O5S. The predicted molar refractivity (Wildman–Crippen MR) is 120 cm³/mol. The topological polar surface area (TPSA) is 112 Å². The van der Waals surface area contributed by atoms with Crippen molar-refractivity contribution in [2.24, 2.45) is 0 Å². The van der Waals surface area contributed by atoms with E-state index in [9.17, 15) is 9.59 Å². The van der Waals surface area contributed by atoms with Gasteiger partial charge in [0.2, 0.25) is 5.01 Å². The molecular weight excluding hydrogens is 432 g/mol. The monoisotopic (exact) mass is 456 g/mol. The highest BCUT2D eigenvalue weighted by molar-refractivity contribution is 7.13. The molecule has 3 aromatic rings. The first-order valence-electron chi connectivity index (χ1n) is 9.84. The van der Waals surface area contributed by atoms with Gasteiger partial charge in [-0.2, -0.15) is 0 Å². The Bertz CT molecular complexity index is 1070. The van der Waals surface area contributed by atoms with Crippen LogP contribution in [-0.2, 0) is 17.9 Å². The summed E-state index contributed by atoms with van der Waals surface area (Å²) in [7, 11) is 3.12. The fourth-order valence-corrected chi connectivity index (χ4v) is 3.50.